The Kier molecular flexibility index (Phi) is 5.79. The first-order valence-corrected chi connectivity index (χ1v) is 6.20. The molecule has 1 radical (unpaired) electrons. The standard InChI is InChI=1S/C9H21O2Si/c1-7(2)12(8(3)4)9(10-5)11-6/h7-9H,1-6H3. The summed E-state index contributed by atoms with van der Waals surface area (Å²) < 4.78 is 10.6. The molecule has 0 N–H and O–H groups in total. The molecule has 73 valence electrons. The van der Waals surface area contributed by atoms with E-state index >= 15 is 0 Å². The van der Waals surface area contributed by atoms with Crippen LogP contribution in [0.15, 0.2) is 0 Å². The van der Waals surface area contributed by atoms with Crippen LogP contribution in [0.25, 0.3) is 0 Å². The fraction of sp³-hybridized carbons (Fsp3) is 1.00. The third-order valence-electron chi connectivity index (χ3n) is 2.03. The first-order valence-electron chi connectivity index (χ1n) is 4.46. The number of methoxy groups -OCH3 is 2. The van der Waals surface area contributed by atoms with E-state index in [0.29, 0.717) is 11.1 Å². The lowest BCUT2D eigenvalue weighted by molar-refractivity contribution is -0.0488. The second-order valence-corrected chi connectivity index (χ2v) is 7.39. The van der Waals surface area contributed by atoms with Crippen molar-refractivity contribution in [1.29, 1.82) is 0 Å². The number of hydrogen-bond acceptors (Lipinski definition) is 2. The molecule has 0 aromatic heterocycles. The predicted molar refractivity (Wildman–Crippen MR) is 53.8 cm³/mol. The Balaban J connectivity index is 4.26. The molecule has 0 aromatic carbocycles. The van der Waals surface area contributed by atoms with Crippen LogP contribution in [0.3, 0.4) is 0 Å². The molecule has 12 heavy (non-hydrogen) atoms. The molecule has 0 saturated heterocycles. The van der Waals surface area contributed by atoms with Crippen molar-refractivity contribution in [2.24, 2.45) is 0 Å². The van der Waals surface area contributed by atoms with Crippen molar-refractivity contribution < 1.29 is 9.47 Å². The van der Waals surface area contributed by atoms with Crippen molar-refractivity contribution in [2.45, 2.75) is 44.7 Å². The highest BCUT2D eigenvalue weighted by Crippen LogP contribution is 2.24. The van der Waals surface area contributed by atoms with Crippen LogP contribution in [-0.2, 0) is 9.47 Å². The monoisotopic (exact) mass is 189 g/mol. The third-order valence-corrected chi connectivity index (χ3v) is 5.72. The summed E-state index contributed by atoms with van der Waals surface area (Å²) in [7, 11) is 2.89. The molecule has 0 aromatic rings. The minimum absolute atomic E-state index is 0.0370. The molecule has 0 saturated carbocycles. The van der Waals surface area contributed by atoms with Crippen molar-refractivity contribution >= 4 is 8.80 Å². The Morgan fingerprint density at radius 1 is 0.833 bits per heavy atom. The van der Waals surface area contributed by atoms with Crippen LogP contribution in [-0.4, -0.2) is 28.9 Å². The van der Waals surface area contributed by atoms with Gasteiger partial charge >= 0.3 is 0 Å². The number of ether oxygens (including phenoxy) is 2. The zero-order valence-corrected chi connectivity index (χ0v) is 10.0. The smallest absolute Gasteiger partial charge is 0.139 e. The minimum atomic E-state index is -0.563. The second-order valence-electron chi connectivity index (χ2n) is 3.61. The van der Waals surface area contributed by atoms with Gasteiger partial charge in [-0.15, -0.1) is 0 Å². The average molecular weight is 189 g/mol. The quantitative estimate of drug-likeness (QED) is 0.488. The van der Waals surface area contributed by atoms with Crippen LogP contribution in [0.1, 0.15) is 27.7 Å². The van der Waals surface area contributed by atoms with E-state index in [9.17, 15) is 0 Å². The average Bonchev–Trinajstić information content (AvgIpc) is 1.98. The van der Waals surface area contributed by atoms with Gasteiger partial charge in [0.25, 0.3) is 0 Å². The molecule has 0 aliphatic heterocycles. The molecule has 0 fully saturated rings. The SMILES string of the molecule is COC(OC)[Si](C(C)C)C(C)C. The fourth-order valence-corrected chi connectivity index (χ4v) is 4.55. The normalized spacial score (nSPS) is 12.5. The van der Waals surface area contributed by atoms with Gasteiger partial charge in [-0.05, 0) is 11.1 Å². The predicted octanol–water partition coefficient (Wildman–Crippen LogP) is 2.46. The van der Waals surface area contributed by atoms with Crippen molar-refractivity contribution in [3.8, 4) is 0 Å². The highest BCUT2D eigenvalue weighted by molar-refractivity contribution is 6.62. The number of hydrogen-bond donors (Lipinski definition) is 0. The Morgan fingerprint density at radius 3 is 1.25 bits per heavy atom. The summed E-state index contributed by atoms with van der Waals surface area (Å²) in [6, 6.07) is 0. The molecule has 0 atom stereocenters. The van der Waals surface area contributed by atoms with Gasteiger partial charge in [-0.2, -0.15) is 0 Å². The van der Waals surface area contributed by atoms with Gasteiger partial charge in [-0.25, -0.2) is 0 Å². The zero-order valence-electron chi connectivity index (χ0n) is 9.05. The van der Waals surface area contributed by atoms with Crippen LogP contribution in [0.4, 0.5) is 0 Å². The lowest BCUT2D eigenvalue weighted by atomic mass is 10.5. The molecule has 0 rings (SSSR count). The molecule has 0 amide bonds. The zero-order chi connectivity index (χ0) is 9.72. The third kappa shape index (κ3) is 3.25. The van der Waals surface area contributed by atoms with Gasteiger partial charge in [0.05, 0.1) is 0 Å². The van der Waals surface area contributed by atoms with E-state index in [2.05, 4.69) is 27.7 Å². The van der Waals surface area contributed by atoms with Crippen molar-refractivity contribution in [1.82, 2.24) is 0 Å². The second kappa shape index (κ2) is 5.73. The van der Waals surface area contributed by atoms with Crippen LogP contribution in [0, 0.1) is 0 Å². The van der Waals surface area contributed by atoms with E-state index in [1.165, 1.54) is 0 Å². The van der Waals surface area contributed by atoms with E-state index in [-0.39, 0.29) is 5.91 Å². The summed E-state index contributed by atoms with van der Waals surface area (Å²) in [6.45, 7) is 9.00. The van der Waals surface area contributed by atoms with Crippen LogP contribution >= 0.6 is 0 Å². The fourth-order valence-electron chi connectivity index (χ4n) is 1.58. The van der Waals surface area contributed by atoms with Gasteiger partial charge in [-0.3, -0.25) is 0 Å². The van der Waals surface area contributed by atoms with E-state index < -0.39 is 8.80 Å². The summed E-state index contributed by atoms with van der Waals surface area (Å²) in [5, 5.41) is 0. The first-order chi connectivity index (χ1) is 5.54. The molecular weight excluding hydrogens is 168 g/mol. The highest BCUT2D eigenvalue weighted by atomic mass is 28.3. The Morgan fingerprint density at radius 2 is 1.17 bits per heavy atom. The lowest BCUT2D eigenvalue weighted by Crippen LogP contribution is -2.39. The Hall–Kier alpha value is 0.137. The molecule has 3 heteroatoms. The van der Waals surface area contributed by atoms with Crippen LogP contribution in [0.2, 0.25) is 11.1 Å². The van der Waals surface area contributed by atoms with E-state index in [4.69, 9.17) is 9.47 Å². The summed E-state index contributed by atoms with van der Waals surface area (Å²) in [5.74, 6) is 0.0370. The van der Waals surface area contributed by atoms with Gasteiger partial charge in [0.1, 0.15) is 14.7 Å². The molecule has 0 aliphatic rings. The minimum Gasteiger partial charge on any atom is -0.360 e. The highest BCUT2D eigenvalue weighted by Gasteiger charge is 2.29. The molecule has 0 spiro atoms. The molecule has 0 aliphatic carbocycles. The van der Waals surface area contributed by atoms with Crippen LogP contribution < -0.4 is 0 Å². The van der Waals surface area contributed by atoms with Gasteiger partial charge < -0.3 is 9.47 Å². The maximum Gasteiger partial charge on any atom is 0.139 e. The maximum atomic E-state index is 5.31. The Labute approximate surface area is 77.9 Å². The summed E-state index contributed by atoms with van der Waals surface area (Å²) in [5.41, 5.74) is 1.39. The van der Waals surface area contributed by atoms with Gasteiger partial charge in [-0.1, -0.05) is 27.7 Å². The van der Waals surface area contributed by atoms with E-state index in [1.807, 2.05) is 0 Å². The largest absolute Gasteiger partial charge is 0.360 e. The summed E-state index contributed by atoms with van der Waals surface area (Å²) in [4.78, 5) is 0. The molecule has 0 unspecified atom stereocenters. The molecule has 0 heterocycles. The molecule has 0 bridgehead atoms. The number of rotatable bonds is 5. The molecule has 2 nitrogen and oxygen atoms in total. The van der Waals surface area contributed by atoms with Crippen molar-refractivity contribution in [3.63, 3.8) is 0 Å². The van der Waals surface area contributed by atoms with Crippen LogP contribution in [0.5, 0.6) is 0 Å². The lowest BCUT2D eigenvalue weighted by Gasteiger charge is -2.29. The van der Waals surface area contributed by atoms with Crippen molar-refractivity contribution in [2.75, 3.05) is 14.2 Å². The van der Waals surface area contributed by atoms with Gasteiger partial charge in [0.15, 0.2) is 0 Å². The summed E-state index contributed by atoms with van der Waals surface area (Å²) in [6.07, 6.45) is 0. The van der Waals surface area contributed by atoms with Gasteiger partial charge in [0, 0.05) is 14.2 Å². The van der Waals surface area contributed by atoms with Gasteiger partial charge in [0.2, 0.25) is 0 Å². The summed E-state index contributed by atoms with van der Waals surface area (Å²) >= 11 is 0. The topological polar surface area (TPSA) is 18.5 Å². The Bertz CT molecular complexity index is 103. The maximum absolute atomic E-state index is 5.31. The first kappa shape index (κ1) is 12.1. The van der Waals surface area contributed by atoms with Crippen molar-refractivity contribution in [3.05, 3.63) is 0 Å². The molecular formula is C9H21O2Si. The van der Waals surface area contributed by atoms with E-state index in [1.54, 1.807) is 14.2 Å². The van der Waals surface area contributed by atoms with E-state index in [0.717, 1.165) is 0 Å².